The van der Waals surface area contributed by atoms with Crippen molar-refractivity contribution in [1.82, 2.24) is 10.3 Å². The Bertz CT molecular complexity index is 630. The minimum Gasteiger partial charge on any atom is -0.493 e. The number of pyridine rings is 1. The summed E-state index contributed by atoms with van der Waals surface area (Å²) in [6.45, 7) is 4.48. The number of carboxylic acid groups (broad SMARTS) is 1. The monoisotopic (exact) mass is 288 g/mol. The molecule has 2 aromatic rings. The first-order valence-corrected chi connectivity index (χ1v) is 7.01. The Labute approximate surface area is 124 Å². The van der Waals surface area contributed by atoms with Crippen LogP contribution in [0.25, 0.3) is 10.9 Å². The van der Waals surface area contributed by atoms with Gasteiger partial charge >= 0.3 is 5.97 Å². The molecule has 0 fully saturated rings. The van der Waals surface area contributed by atoms with Crippen LogP contribution in [0.1, 0.15) is 20.3 Å². The summed E-state index contributed by atoms with van der Waals surface area (Å²) in [4.78, 5) is 15.6. The highest BCUT2D eigenvalue weighted by atomic mass is 16.5. The molecule has 0 aliphatic carbocycles. The fourth-order valence-electron chi connectivity index (χ4n) is 2.17. The maximum absolute atomic E-state index is 11.3. The van der Waals surface area contributed by atoms with Gasteiger partial charge in [0.2, 0.25) is 0 Å². The predicted octanol–water partition coefficient (Wildman–Crippen LogP) is 2.46. The first-order chi connectivity index (χ1) is 10.0. The van der Waals surface area contributed by atoms with Crippen molar-refractivity contribution in [2.45, 2.75) is 25.8 Å². The molecule has 1 atom stereocenters. The zero-order valence-electron chi connectivity index (χ0n) is 12.3. The van der Waals surface area contributed by atoms with Gasteiger partial charge in [-0.1, -0.05) is 13.0 Å². The van der Waals surface area contributed by atoms with Crippen LogP contribution in [0.5, 0.6) is 5.75 Å². The first-order valence-electron chi connectivity index (χ1n) is 7.01. The van der Waals surface area contributed by atoms with Crippen molar-refractivity contribution in [3.63, 3.8) is 0 Å². The van der Waals surface area contributed by atoms with Gasteiger partial charge < -0.3 is 15.2 Å². The van der Waals surface area contributed by atoms with Gasteiger partial charge in [0, 0.05) is 24.1 Å². The number of nitrogens with zero attached hydrogens (tertiary/aromatic N) is 1. The van der Waals surface area contributed by atoms with E-state index in [1.54, 1.807) is 13.1 Å². The van der Waals surface area contributed by atoms with E-state index in [1.165, 1.54) is 0 Å². The third-order valence-electron chi connectivity index (χ3n) is 3.49. The molecule has 21 heavy (non-hydrogen) atoms. The van der Waals surface area contributed by atoms with Gasteiger partial charge in [-0.25, -0.2) is 0 Å². The second-order valence-electron chi connectivity index (χ2n) is 5.12. The number of hydrogen-bond acceptors (Lipinski definition) is 4. The number of likely N-dealkylation sites (N-methyl/N-ethyl adjacent to an activating group) is 1. The molecule has 1 aromatic heterocycles. The van der Waals surface area contributed by atoms with Crippen molar-refractivity contribution in [2.24, 2.45) is 0 Å². The van der Waals surface area contributed by atoms with E-state index >= 15 is 0 Å². The summed E-state index contributed by atoms with van der Waals surface area (Å²) in [5.41, 5.74) is -0.105. The summed E-state index contributed by atoms with van der Waals surface area (Å²) in [6.07, 6.45) is 2.12. The smallest absolute Gasteiger partial charge is 0.323 e. The predicted molar refractivity (Wildman–Crippen MR) is 81.6 cm³/mol. The molecule has 2 N–H and O–H groups in total. The molecule has 1 heterocycles. The quantitative estimate of drug-likeness (QED) is 0.819. The number of benzene rings is 1. The number of nitrogens with one attached hydrogen (secondary N) is 1. The van der Waals surface area contributed by atoms with Crippen molar-refractivity contribution < 1.29 is 14.6 Å². The number of ether oxygens (including phenoxy) is 1. The molecule has 112 valence electrons. The summed E-state index contributed by atoms with van der Waals surface area (Å²) in [7, 11) is 0. The van der Waals surface area contributed by atoms with E-state index in [-0.39, 0.29) is 0 Å². The lowest BCUT2D eigenvalue weighted by Crippen LogP contribution is -2.50. The average molecular weight is 288 g/mol. The highest BCUT2D eigenvalue weighted by Crippen LogP contribution is 2.19. The molecule has 0 amide bonds. The second kappa shape index (κ2) is 6.54. The summed E-state index contributed by atoms with van der Waals surface area (Å²) in [5.74, 6) is -0.168. The number of rotatable bonds is 7. The highest BCUT2D eigenvalue weighted by molar-refractivity contribution is 5.79. The van der Waals surface area contributed by atoms with Gasteiger partial charge in [-0.15, -0.1) is 0 Å². The van der Waals surface area contributed by atoms with Crippen LogP contribution in [0.2, 0.25) is 0 Å². The van der Waals surface area contributed by atoms with Gasteiger partial charge in [-0.2, -0.15) is 0 Å². The highest BCUT2D eigenvalue weighted by Gasteiger charge is 2.31. The number of hydrogen-bond donors (Lipinski definition) is 2. The van der Waals surface area contributed by atoms with Crippen LogP contribution >= 0.6 is 0 Å². The fraction of sp³-hybridized carbons (Fsp3) is 0.375. The van der Waals surface area contributed by atoms with E-state index in [2.05, 4.69) is 10.3 Å². The van der Waals surface area contributed by atoms with E-state index < -0.39 is 11.5 Å². The first kappa shape index (κ1) is 15.3. The third-order valence-corrected chi connectivity index (χ3v) is 3.49. The minimum absolute atomic E-state index is 0.328. The van der Waals surface area contributed by atoms with Crippen LogP contribution in [-0.4, -0.2) is 34.8 Å². The van der Waals surface area contributed by atoms with E-state index in [0.29, 0.717) is 25.3 Å². The Morgan fingerprint density at radius 3 is 2.95 bits per heavy atom. The van der Waals surface area contributed by atoms with Gasteiger partial charge in [0.05, 0.1) is 12.1 Å². The molecule has 0 bridgehead atoms. The summed E-state index contributed by atoms with van der Waals surface area (Å²) in [6, 6.07) is 9.55. The fourth-order valence-corrected chi connectivity index (χ4v) is 2.17. The number of carboxylic acids is 1. The molecule has 0 radical (unpaired) electrons. The molecule has 0 spiro atoms. The van der Waals surface area contributed by atoms with Gasteiger partial charge in [0.1, 0.15) is 11.3 Å². The van der Waals surface area contributed by atoms with Crippen molar-refractivity contribution in [3.8, 4) is 5.75 Å². The SMILES string of the molecule is CCNC(C)(CCOc1ccc2cccnc2c1)C(=O)O. The van der Waals surface area contributed by atoms with Crippen LogP contribution in [0.3, 0.4) is 0 Å². The number of aliphatic carboxylic acids is 1. The third kappa shape index (κ3) is 3.70. The summed E-state index contributed by atoms with van der Waals surface area (Å²) >= 11 is 0. The average Bonchev–Trinajstić information content (AvgIpc) is 2.47. The molecule has 1 aromatic carbocycles. The van der Waals surface area contributed by atoms with Crippen LogP contribution < -0.4 is 10.1 Å². The van der Waals surface area contributed by atoms with Gasteiger partial charge in [0.25, 0.3) is 0 Å². The van der Waals surface area contributed by atoms with Crippen molar-refractivity contribution >= 4 is 16.9 Å². The molecular formula is C16H20N2O3. The number of fused-ring (bicyclic) bond motifs is 1. The Kier molecular flexibility index (Phi) is 4.75. The van der Waals surface area contributed by atoms with Crippen molar-refractivity contribution in [2.75, 3.05) is 13.2 Å². The van der Waals surface area contributed by atoms with E-state index in [0.717, 1.165) is 10.9 Å². The van der Waals surface area contributed by atoms with Gasteiger partial charge in [-0.05, 0) is 31.7 Å². The zero-order valence-corrected chi connectivity index (χ0v) is 12.3. The molecule has 5 nitrogen and oxygen atoms in total. The van der Waals surface area contributed by atoms with Crippen LogP contribution in [0.15, 0.2) is 36.5 Å². The van der Waals surface area contributed by atoms with Gasteiger partial charge in [0.15, 0.2) is 0 Å². The molecule has 0 saturated heterocycles. The summed E-state index contributed by atoms with van der Waals surface area (Å²) in [5, 5.41) is 13.3. The molecule has 0 saturated carbocycles. The molecule has 0 aliphatic rings. The maximum Gasteiger partial charge on any atom is 0.323 e. The van der Waals surface area contributed by atoms with Gasteiger partial charge in [-0.3, -0.25) is 9.78 Å². The van der Waals surface area contributed by atoms with Crippen LogP contribution in [0, 0.1) is 0 Å². The summed E-state index contributed by atoms with van der Waals surface area (Å²) < 4.78 is 5.66. The van der Waals surface area contributed by atoms with E-state index in [1.807, 2.05) is 37.3 Å². The molecule has 0 aliphatic heterocycles. The Balaban J connectivity index is 1.99. The van der Waals surface area contributed by atoms with Crippen molar-refractivity contribution in [1.29, 1.82) is 0 Å². The number of aromatic nitrogens is 1. The topological polar surface area (TPSA) is 71.5 Å². The lowest BCUT2D eigenvalue weighted by molar-refractivity contribution is -0.144. The van der Waals surface area contributed by atoms with Crippen LogP contribution in [-0.2, 0) is 4.79 Å². The lowest BCUT2D eigenvalue weighted by Gasteiger charge is -2.25. The number of carbonyl (C=O) groups is 1. The standard InChI is InChI=1S/C16H20N2O3/c1-3-18-16(2,15(19)20)8-10-21-13-7-6-12-5-4-9-17-14(12)11-13/h4-7,9,11,18H,3,8,10H2,1-2H3,(H,19,20). The maximum atomic E-state index is 11.3. The Morgan fingerprint density at radius 2 is 2.24 bits per heavy atom. The zero-order chi connectivity index (χ0) is 15.3. The van der Waals surface area contributed by atoms with E-state index in [9.17, 15) is 9.90 Å². The Hall–Kier alpha value is -2.14. The Morgan fingerprint density at radius 1 is 1.43 bits per heavy atom. The van der Waals surface area contributed by atoms with Crippen LogP contribution in [0.4, 0.5) is 0 Å². The van der Waals surface area contributed by atoms with E-state index in [4.69, 9.17) is 4.74 Å². The second-order valence-corrected chi connectivity index (χ2v) is 5.12. The molecule has 5 heteroatoms. The largest absolute Gasteiger partial charge is 0.493 e. The molecule has 1 unspecified atom stereocenters. The molecular weight excluding hydrogens is 268 g/mol. The molecule has 2 rings (SSSR count). The lowest BCUT2D eigenvalue weighted by atomic mass is 9.98. The normalized spacial score (nSPS) is 13.8. The van der Waals surface area contributed by atoms with Crippen molar-refractivity contribution in [3.05, 3.63) is 36.5 Å². The minimum atomic E-state index is -0.968.